The number of para-hydroxylation sites is 1. The van der Waals surface area contributed by atoms with E-state index >= 15 is 0 Å². The molecule has 1 saturated heterocycles. The predicted molar refractivity (Wildman–Crippen MR) is 179 cm³/mol. The van der Waals surface area contributed by atoms with Crippen molar-refractivity contribution in [3.05, 3.63) is 120 Å². The summed E-state index contributed by atoms with van der Waals surface area (Å²) in [7, 11) is 0. The Morgan fingerprint density at radius 2 is 1.33 bits per heavy atom. The molecule has 0 bridgehead atoms. The van der Waals surface area contributed by atoms with E-state index in [4.69, 9.17) is 0 Å². The number of rotatable bonds is 10. The molecule has 1 aromatic heterocycles. The number of carbonyl (C=O) groups is 1. The zero-order chi connectivity index (χ0) is 27.9. The van der Waals surface area contributed by atoms with E-state index in [1.807, 2.05) is 36.4 Å². The minimum atomic E-state index is -0.0850. The van der Waals surface area contributed by atoms with Crippen LogP contribution in [0, 0.1) is 0 Å². The minimum absolute atomic E-state index is 0. The van der Waals surface area contributed by atoms with Crippen molar-refractivity contribution in [1.82, 2.24) is 14.4 Å². The smallest absolute Gasteiger partial charge is 0.255 e. The summed E-state index contributed by atoms with van der Waals surface area (Å²) in [4.78, 5) is 17.9. The summed E-state index contributed by atoms with van der Waals surface area (Å²) in [6.45, 7) is 7.72. The van der Waals surface area contributed by atoms with Crippen molar-refractivity contribution < 1.29 is 4.79 Å². The van der Waals surface area contributed by atoms with Crippen LogP contribution in [0.5, 0.6) is 0 Å². The Morgan fingerprint density at radius 1 is 0.690 bits per heavy atom. The molecule has 216 valence electrons. The molecular formula is C36H39ClN4O. The molecule has 5 aromatic rings. The third kappa shape index (κ3) is 7.11. The number of nitrogens with one attached hydrogen (secondary N) is 1. The molecule has 0 unspecified atom stereocenters. The van der Waals surface area contributed by atoms with E-state index in [0.717, 1.165) is 57.9 Å². The van der Waals surface area contributed by atoms with Crippen LogP contribution < -0.4 is 5.32 Å². The summed E-state index contributed by atoms with van der Waals surface area (Å²) >= 11 is 0. The highest BCUT2D eigenvalue weighted by molar-refractivity contribution is 6.11. The van der Waals surface area contributed by atoms with Crippen molar-refractivity contribution in [2.24, 2.45) is 0 Å². The third-order valence-electron chi connectivity index (χ3n) is 8.11. The van der Waals surface area contributed by atoms with Crippen molar-refractivity contribution in [2.75, 3.05) is 44.6 Å². The number of hydrogen-bond donors (Lipinski definition) is 1. The molecule has 4 aromatic carbocycles. The van der Waals surface area contributed by atoms with Gasteiger partial charge in [-0.05, 0) is 61.3 Å². The molecule has 0 aliphatic carbocycles. The molecule has 0 atom stereocenters. The first-order valence-electron chi connectivity index (χ1n) is 14.8. The Balaban J connectivity index is 0.00000353. The maximum absolute atomic E-state index is 12.7. The van der Waals surface area contributed by atoms with Gasteiger partial charge in [0.2, 0.25) is 0 Å². The van der Waals surface area contributed by atoms with E-state index in [1.165, 1.54) is 33.8 Å². The van der Waals surface area contributed by atoms with Crippen LogP contribution in [-0.2, 0) is 6.54 Å². The Hall–Kier alpha value is -3.90. The Labute approximate surface area is 254 Å². The number of benzene rings is 4. The molecule has 0 spiro atoms. The van der Waals surface area contributed by atoms with Crippen LogP contribution in [0.4, 0.5) is 5.69 Å². The number of aromatic nitrogens is 1. The Bertz CT molecular complexity index is 1620. The van der Waals surface area contributed by atoms with Crippen LogP contribution in [0.15, 0.2) is 109 Å². The van der Waals surface area contributed by atoms with E-state index in [1.54, 1.807) is 0 Å². The second-order valence-electron chi connectivity index (χ2n) is 10.9. The molecule has 42 heavy (non-hydrogen) atoms. The molecule has 5 nitrogen and oxygen atoms in total. The molecule has 0 radical (unpaired) electrons. The number of piperazine rings is 1. The highest BCUT2D eigenvalue weighted by Gasteiger charge is 2.16. The number of anilines is 1. The molecule has 1 amide bonds. The second-order valence-corrected chi connectivity index (χ2v) is 10.9. The summed E-state index contributed by atoms with van der Waals surface area (Å²) in [5, 5.41) is 5.49. The van der Waals surface area contributed by atoms with E-state index in [-0.39, 0.29) is 18.3 Å². The summed E-state index contributed by atoms with van der Waals surface area (Å²) in [6.07, 6.45) is 6.84. The van der Waals surface area contributed by atoms with Gasteiger partial charge in [-0.15, -0.1) is 12.4 Å². The predicted octanol–water partition coefficient (Wildman–Crippen LogP) is 7.58. The standard InChI is InChI=1S/C36H38N4O.ClH/c41-36(30-15-5-2-6-16-30)37-31-19-20-35-33(28-31)32-17-7-8-18-34(32)40(35)23-10-9-21-38-24-26-39(27-25-38)22-11-14-29-12-3-1-4-13-29;/h1-8,11-20,28H,9-10,21-27H2,(H,37,41);1H/b14-11+;. The molecule has 1 fully saturated rings. The summed E-state index contributed by atoms with van der Waals surface area (Å²) in [5.74, 6) is -0.0850. The lowest BCUT2D eigenvalue weighted by molar-refractivity contribution is 0.102. The van der Waals surface area contributed by atoms with Crippen molar-refractivity contribution in [3.63, 3.8) is 0 Å². The quantitative estimate of drug-likeness (QED) is 0.174. The zero-order valence-corrected chi connectivity index (χ0v) is 24.8. The van der Waals surface area contributed by atoms with Crippen LogP contribution in [0.3, 0.4) is 0 Å². The highest BCUT2D eigenvalue weighted by atomic mass is 35.5. The van der Waals surface area contributed by atoms with Crippen LogP contribution in [-0.4, -0.2) is 59.5 Å². The fourth-order valence-electron chi connectivity index (χ4n) is 5.87. The van der Waals surface area contributed by atoms with Gasteiger partial charge < -0.3 is 14.8 Å². The Morgan fingerprint density at radius 3 is 2.12 bits per heavy atom. The molecular weight excluding hydrogens is 540 g/mol. The van der Waals surface area contributed by atoms with Gasteiger partial charge >= 0.3 is 0 Å². The first-order chi connectivity index (χ1) is 20.2. The fraction of sp³-hybridized carbons (Fsp3) is 0.250. The molecule has 6 rings (SSSR count). The minimum Gasteiger partial charge on any atom is -0.340 e. The van der Waals surface area contributed by atoms with Gasteiger partial charge in [0.05, 0.1) is 0 Å². The monoisotopic (exact) mass is 578 g/mol. The van der Waals surface area contributed by atoms with Gasteiger partial charge in [-0.25, -0.2) is 0 Å². The molecule has 1 aliphatic heterocycles. The average molecular weight is 579 g/mol. The van der Waals surface area contributed by atoms with E-state index in [2.05, 4.69) is 98.6 Å². The zero-order valence-electron chi connectivity index (χ0n) is 24.0. The van der Waals surface area contributed by atoms with Crippen LogP contribution >= 0.6 is 12.4 Å². The van der Waals surface area contributed by atoms with Crippen molar-refractivity contribution in [3.8, 4) is 0 Å². The van der Waals surface area contributed by atoms with Crippen LogP contribution in [0.25, 0.3) is 27.9 Å². The SMILES string of the molecule is Cl.O=C(Nc1ccc2c(c1)c1ccccc1n2CCCCN1CCN(C/C=C/c2ccccc2)CC1)c1ccccc1. The number of hydrogen-bond acceptors (Lipinski definition) is 3. The molecule has 1 aliphatic rings. The number of amides is 1. The topological polar surface area (TPSA) is 40.5 Å². The summed E-state index contributed by atoms with van der Waals surface area (Å²) in [5.41, 5.74) is 5.23. The normalized spacial score (nSPS) is 14.4. The van der Waals surface area contributed by atoms with Gasteiger partial charge in [0, 0.05) is 72.3 Å². The fourth-order valence-corrected chi connectivity index (χ4v) is 5.87. The number of nitrogens with zero attached hydrogens (tertiary/aromatic N) is 3. The number of halogens is 1. The average Bonchev–Trinajstić information content (AvgIpc) is 3.34. The van der Waals surface area contributed by atoms with Crippen molar-refractivity contribution >= 4 is 51.9 Å². The Kier molecular flexibility index (Phi) is 10.1. The van der Waals surface area contributed by atoms with Gasteiger partial charge in [0.15, 0.2) is 0 Å². The molecule has 0 saturated carbocycles. The number of carbonyl (C=O) groups excluding carboxylic acids is 1. The van der Waals surface area contributed by atoms with E-state index in [9.17, 15) is 4.79 Å². The summed E-state index contributed by atoms with van der Waals surface area (Å²) in [6, 6.07) is 34.8. The first-order valence-corrected chi connectivity index (χ1v) is 14.8. The van der Waals surface area contributed by atoms with E-state index in [0.29, 0.717) is 5.56 Å². The third-order valence-corrected chi connectivity index (χ3v) is 8.11. The number of aryl methyl sites for hydroxylation is 1. The van der Waals surface area contributed by atoms with Crippen molar-refractivity contribution in [1.29, 1.82) is 0 Å². The number of unbranched alkanes of at least 4 members (excludes halogenated alkanes) is 1. The van der Waals surface area contributed by atoms with Gasteiger partial charge in [-0.1, -0.05) is 78.9 Å². The second kappa shape index (κ2) is 14.3. The maximum atomic E-state index is 12.7. The van der Waals surface area contributed by atoms with E-state index < -0.39 is 0 Å². The molecule has 6 heteroatoms. The van der Waals surface area contributed by atoms with Crippen LogP contribution in [0.2, 0.25) is 0 Å². The lowest BCUT2D eigenvalue weighted by Gasteiger charge is -2.34. The van der Waals surface area contributed by atoms with Gasteiger partial charge in [-0.2, -0.15) is 0 Å². The highest BCUT2D eigenvalue weighted by Crippen LogP contribution is 2.31. The molecule has 2 heterocycles. The van der Waals surface area contributed by atoms with Crippen LogP contribution in [0.1, 0.15) is 28.8 Å². The number of fused-ring (bicyclic) bond motifs is 3. The van der Waals surface area contributed by atoms with Gasteiger partial charge in [0.25, 0.3) is 5.91 Å². The van der Waals surface area contributed by atoms with Crippen molar-refractivity contribution in [2.45, 2.75) is 19.4 Å². The largest absolute Gasteiger partial charge is 0.340 e. The lowest BCUT2D eigenvalue weighted by atomic mass is 10.1. The lowest BCUT2D eigenvalue weighted by Crippen LogP contribution is -2.46. The maximum Gasteiger partial charge on any atom is 0.255 e. The summed E-state index contributed by atoms with van der Waals surface area (Å²) < 4.78 is 2.45. The molecule has 1 N–H and O–H groups in total. The van der Waals surface area contributed by atoms with Gasteiger partial charge in [0.1, 0.15) is 0 Å². The van der Waals surface area contributed by atoms with Gasteiger partial charge in [-0.3, -0.25) is 9.69 Å². The first kappa shape index (κ1) is 29.6.